The van der Waals surface area contributed by atoms with Crippen molar-refractivity contribution in [2.45, 2.75) is 32.2 Å². The summed E-state index contributed by atoms with van der Waals surface area (Å²) in [7, 11) is 0. The molecule has 2 saturated carbocycles. The molecule has 2 bridgehead atoms. The van der Waals surface area contributed by atoms with E-state index in [-0.39, 0.29) is 5.82 Å². The van der Waals surface area contributed by atoms with Gasteiger partial charge in [0.1, 0.15) is 5.82 Å². The molecule has 2 aliphatic carbocycles. The molecule has 3 heteroatoms. The zero-order valence-electron chi connectivity index (χ0n) is 10.0. The molecule has 0 saturated heterocycles. The van der Waals surface area contributed by atoms with E-state index in [1.54, 1.807) is 12.3 Å². The van der Waals surface area contributed by atoms with Crippen molar-refractivity contribution in [2.75, 3.05) is 6.54 Å². The lowest BCUT2D eigenvalue weighted by Gasteiger charge is -2.21. The second-order valence-corrected chi connectivity index (χ2v) is 5.58. The molecule has 1 heterocycles. The van der Waals surface area contributed by atoms with Crippen molar-refractivity contribution in [2.24, 2.45) is 17.8 Å². The summed E-state index contributed by atoms with van der Waals surface area (Å²) < 4.78 is 12.9. The van der Waals surface area contributed by atoms with Gasteiger partial charge in [-0.05, 0) is 55.2 Å². The molecule has 0 spiro atoms. The first kappa shape index (κ1) is 11.1. The summed E-state index contributed by atoms with van der Waals surface area (Å²) in [5, 5.41) is 3.45. The van der Waals surface area contributed by atoms with Crippen LogP contribution in [0.2, 0.25) is 0 Å². The minimum absolute atomic E-state index is 0.246. The van der Waals surface area contributed by atoms with Crippen LogP contribution in [0.5, 0.6) is 0 Å². The average molecular weight is 234 g/mol. The number of halogens is 1. The standard InChI is InChI=1S/C14H19FN2/c15-14-5-11(7-17-9-14)6-16-8-13-4-10-1-2-12(13)3-10/h5,7,9-10,12-13,16H,1-4,6,8H2. The van der Waals surface area contributed by atoms with Gasteiger partial charge < -0.3 is 5.32 Å². The highest BCUT2D eigenvalue weighted by molar-refractivity contribution is 5.09. The fourth-order valence-electron chi connectivity index (χ4n) is 3.58. The van der Waals surface area contributed by atoms with Crippen molar-refractivity contribution in [3.8, 4) is 0 Å². The number of rotatable bonds is 4. The Bertz CT molecular complexity index is 394. The molecular weight excluding hydrogens is 215 g/mol. The van der Waals surface area contributed by atoms with Crippen LogP contribution in [-0.4, -0.2) is 11.5 Å². The third-order valence-electron chi connectivity index (χ3n) is 4.38. The molecule has 3 atom stereocenters. The van der Waals surface area contributed by atoms with E-state index >= 15 is 0 Å². The Balaban J connectivity index is 1.46. The van der Waals surface area contributed by atoms with E-state index in [2.05, 4.69) is 10.3 Å². The minimum Gasteiger partial charge on any atom is -0.312 e. The summed E-state index contributed by atoms with van der Waals surface area (Å²) >= 11 is 0. The number of fused-ring (bicyclic) bond motifs is 2. The van der Waals surface area contributed by atoms with Gasteiger partial charge in [-0.3, -0.25) is 4.98 Å². The maximum atomic E-state index is 12.9. The molecule has 3 rings (SSSR count). The molecular formula is C14H19FN2. The van der Waals surface area contributed by atoms with Gasteiger partial charge in [-0.25, -0.2) is 4.39 Å². The van der Waals surface area contributed by atoms with Gasteiger partial charge in [-0.15, -0.1) is 0 Å². The largest absolute Gasteiger partial charge is 0.312 e. The Kier molecular flexibility index (Phi) is 3.10. The molecule has 0 aliphatic heterocycles. The third-order valence-corrected chi connectivity index (χ3v) is 4.38. The molecule has 1 N–H and O–H groups in total. The third kappa shape index (κ3) is 2.49. The summed E-state index contributed by atoms with van der Waals surface area (Å²) in [5.74, 6) is 2.57. The van der Waals surface area contributed by atoms with Crippen LogP contribution in [0.1, 0.15) is 31.2 Å². The predicted octanol–water partition coefficient (Wildman–Crippen LogP) is 2.75. The van der Waals surface area contributed by atoms with Crippen molar-refractivity contribution in [1.29, 1.82) is 0 Å². The van der Waals surface area contributed by atoms with E-state index in [1.807, 2.05) is 0 Å². The molecule has 1 aromatic rings. The van der Waals surface area contributed by atoms with Gasteiger partial charge in [0.15, 0.2) is 0 Å². The molecule has 0 radical (unpaired) electrons. The summed E-state index contributed by atoms with van der Waals surface area (Å²) in [4.78, 5) is 3.86. The predicted molar refractivity (Wildman–Crippen MR) is 64.8 cm³/mol. The van der Waals surface area contributed by atoms with Crippen molar-refractivity contribution >= 4 is 0 Å². The summed E-state index contributed by atoms with van der Waals surface area (Å²) in [6.45, 7) is 1.82. The quantitative estimate of drug-likeness (QED) is 0.866. The van der Waals surface area contributed by atoms with Crippen LogP contribution in [0.3, 0.4) is 0 Å². The van der Waals surface area contributed by atoms with Crippen molar-refractivity contribution in [1.82, 2.24) is 10.3 Å². The van der Waals surface area contributed by atoms with Gasteiger partial charge >= 0.3 is 0 Å². The van der Waals surface area contributed by atoms with Crippen LogP contribution in [0.25, 0.3) is 0 Å². The number of nitrogens with zero attached hydrogens (tertiary/aromatic N) is 1. The Hall–Kier alpha value is -0.960. The lowest BCUT2D eigenvalue weighted by atomic mass is 9.89. The Morgan fingerprint density at radius 1 is 1.29 bits per heavy atom. The molecule has 3 unspecified atom stereocenters. The van der Waals surface area contributed by atoms with Gasteiger partial charge in [-0.1, -0.05) is 6.42 Å². The van der Waals surface area contributed by atoms with E-state index in [0.717, 1.165) is 36.4 Å². The number of hydrogen-bond acceptors (Lipinski definition) is 2. The fraction of sp³-hybridized carbons (Fsp3) is 0.643. The van der Waals surface area contributed by atoms with Gasteiger partial charge in [0.05, 0.1) is 6.20 Å². The molecule has 2 aliphatic rings. The SMILES string of the molecule is Fc1cncc(CNCC2CC3CCC2C3)c1. The summed E-state index contributed by atoms with van der Waals surface area (Å²) in [6, 6.07) is 1.56. The zero-order valence-corrected chi connectivity index (χ0v) is 10.0. The summed E-state index contributed by atoms with van der Waals surface area (Å²) in [6.07, 6.45) is 8.72. The maximum absolute atomic E-state index is 12.9. The van der Waals surface area contributed by atoms with E-state index < -0.39 is 0 Å². The normalized spacial score (nSPS) is 31.0. The Morgan fingerprint density at radius 3 is 2.94 bits per heavy atom. The second-order valence-electron chi connectivity index (χ2n) is 5.58. The minimum atomic E-state index is -0.246. The molecule has 0 aromatic carbocycles. The van der Waals surface area contributed by atoms with Crippen molar-refractivity contribution in [3.05, 3.63) is 29.8 Å². The van der Waals surface area contributed by atoms with Crippen LogP contribution in [0.4, 0.5) is 4.39 Å². The Morgan fingerprint density at radius 2 is 2.24 bits per heavy atom. The smallest absolute Gasteiger partial charge is 0.141 e. The topological polar surface area (TPSA) is 24.9 Å². The van der Waals surface area contributed by atoms with Crippen molar-refractivity contribution < 1.29 is 4.39 Å². The highest BCUT2D eigenvalue weighted by Crippen LogP contribution is 2.47. The lowest BCUT2D eigenvalue weighted by molar-refractivity contribution is 0.318. The van der Waals surface area contributed by atoms with E-state index in [1.165, 1.54) is 31.9 Å². The first-order chi connectivity index (χ1) is 8.31. The first-order valence-corrected chi connectivity index (χ1v) is 6.61. The van der Waals surface area contributed by atoms with Crippen molar-refractivity contribution in [3.63, 3.8) is 0 Å². The monoisotopic (exact) mass is 234 g/mol. The van der Waals surface area contributed by atoms with Crippen LogP contribution in [-0.2, 0) is 6.54 Å². The number of pyridine rings is 1. The van der Waals surface area contributed by atoms with Crippen LogP contribution in [0, 0.1) is 23.6 Å². The average Bonchev–Trinajstić information content (AvgIpc) is 2.91. The van der Waals surface area contributed by atoms with E-state index in [4.69, 9.17) is 0 Å². The fourth-order valence-corrected chi connectivity index (χ4v) is 3.58. The molecule has 2 fully saturated rings. The van der Waals surface area contributed by atoms with Gasteiger partial charge in [0, 0.05) is 12.7 Å². The molecule has 92 valence electrons. The first-order valence-electron chi connectivity index (χ1n) is 6.61. The highest BCUT2D eigenvalue weighted by Gasteiger charge is 2.38. The van der Waals surface area contributed by atoms with Crippen LogP contribution >= 0.6 is 0 Å². The van der Waals surface area contributed by atoms with E-state index in [9.17, 15) is 4.39 Å². The number of nitrogens with one attached hydrogen (secondary N) is 1. The number of aromatic nitrogens is 1. The van der Waals surface area contributed by atoms with Crippen LogP contribution in [0.15, 0.2) is 18.5 Å². The summed E-state index contributed by atoms with van der Waals surface area (Å²) in [5.41, 5.74) is 0.938. The molecule has 2 nitrogen and oxygen atoms in total. The molecule has 1 aromatic heterocycles. The van der Waals surface area contributed by atoms with Crippen LogP contribution < -0.4 is 5.32 Å². The lowest BCUT2D eigenvalue weighted by Crippen LogP contribution is -2.26. The zero-order chi connectivity index (χ0) is 11.7. The highest BCUT2D eigenvalue weighted by atomic mass is 19.1. The molecule has 0 amide bonds. The van der Waals surface area contributed by atoms with E-state index in [0.29, 0.717) is 0 Å². The molecule has 17 heavy (non-hydrogen) atoms. The van der Waals surface area contributed by atoms with Gasteiger partial charge in [0.25, 0.3) is 0 Å². The number of hydrogen-bond donors (Lipinski definition) is 1. The second kappa shape index (κ2) is 4.73. The Labute approximate surface area is 102 Å². The van der Waals surface area contributed by atoms with Gasteiger partial charge in [0.2, 0.25) is 0 Å². The van der Waals surface area contributed by atoms with Gasteiger partial charge in [-0.2, -0.15) is 0 Å². The maximum Gasteiger partial charge on any atom is 0.141 e.